The number of methoxy groups -OCH3 is 1. The SMILES string of the molecule is CO/N=C/c1c(N)ncnc1Nc1ccc2c(cnn2Cc2cccc(OC)c2)c1. The van der Waals surface area contributed by atoms with Crippen LogP contribution in [0, 0.1) is 0 Å². The molecule has 2 aromatic carbocycles. The lowest BCUT2D eigenvalue weighted by Gasteiger charge is -2.10. The van der Waals surface area contributed by atoms with E-state index in [1.807, 2.05) is 47.3 Å². The highest BCUT2D eigenvalue weighted by Crippen LogP contribution is 2.25. The molecule has 152 valence electrons. The van der Waals surface area contributed by atoms with Gasteiger partial charge in [0.05, 0.1) is 37.1 Å². The van der Waals surface area contributed by atoms with E-state index in [4.69, 9.17) is 15.3 Å². The van der Waals surface area contributed by atoms with Crippen LogP contribution in [0.25, 0.3) is 10.9 Å². The molecule has 4 aromatic rings. The Kier molecular flexibility index (Phi) is 5.42. The predicted molar refractivity (Wildman–Crippen MR) is 116 cm³/mol. The monoisotopic (exact) mass is 403 g/mol. The summed E-state index contributed by atoms with van der Waals surface area (Å²) in [6.07, 6.45) is 4.71. The Morgan fingerprint density at radius 1 is 1.17 bits per heavy atom. The second-order valence-corrected chi connectivity index (χ2v) is 6.49. The van der Waals surface area contributed by atoms with Crippen LogP contribution in [-0.2, 0) is 11.4 Å². The van der Waals surface area contributed by atoms with E-state index < -0.39 is 0 Å². The topological polar surface area (TPSA) is 112 Å². The molecule has 3 N–H and O–H groups in total. The lowest BCUT2D eigenvalue weighted by molar-refractivity contribution is 0.215. The number of fused-ring (bicyclic) bond motifs is 1. The van der Waals surface area contributed by atoms with E-state index in [1.54, 1.807) is 7.11 Å². The number of ether oxygens (including phenoxy) is 1. The van der Waals surface area contributed by atoms with Crippen LogP contribution in [0.4, 0.5) is 17.3 Å². The molecule has 0 spiro atoms. The average molecular weight is 403 g/mol. The van der Waals surface area contributed by atoms with E-state index in [9.17, 15) is 0 Å². The number of hydrogen-bond donors (Lipinski definition) is 2. The molecule has 4 rings (SSSR count). The van der Waals surface area contributed by atoms with Gasteiger partial charge in [0.1, 0.15) is 30.8 Å². The fraction of sp³-hybridized carbons (Fsp3) is 0.143. The summed E-state index contributed by atoms with van der Waals surface area (Å²) in [7, 11) is 3.12. The van der Waals surface area contributed by atoms with Gasteiger partial charge in [0.2, 0.25) is 0 Å². The standard InChI is InChI=1S/C21H21N7O2/c1-29-17-5-3-4-14(8-17)12-28-19-7-6-16(9-15(19)10-25-28)27-21-18(11-26-30-2)20(22)23-13-24-21/h3-11,13H,12H2,1-2H3,(H3,22,23,24,27)/b26-11+. The highest BCUT2D eigenvalue weighted by atomic mass is 16.6. The number of oxime groups is 1. The van der Waals surface area contributed by atoms with Crippen molar-refractivity contribution in [2.24, 2.45) is 5.16 Å². The minimum absolute atomic E-state index is 0.306. The molecule has 0 saturated heterocycles. The minimum atomic E-state index is 0.306. The quantitative estimate of drug-likeness (QED) is 0.360. The molecule has 0 unspecified atom stereocenters. The molecule has 2 aromatic heterocycles. The maximum absolute atomic E-state index is 5.94. The van der Waals surface area contributed by atoms with E-state index in [0.717, 1.165) is 27.9 Å². The number of anilines is 3. The summed E-state index contributed by atoms with van der Waals surface area (Å²) in [6, 6.07) is 13.9. The molecule has 9 nitrogen and oxygen atoms in total. The van der Waals surface area contributed by atoms with Crippen molar-refractivity contribution >= 4 is 34.4 Å². The van der Waals surface area contributed by atoms with Gasteiger partial charge in [-0.1, -0.05) is 17.3 Å². The number of nitrogens with zero attached hydrogens (tertiary/aromatic N) is 5. The number of aromatic nitrogens is 4. The van der Waals surface area contributed by atoms with Crippen LogP contribution in [0.15, 0.2) is 60.1 Å². The van der Waals surface area contributed by atoms with E-state index in [-0.39, 0.29) is 0 Å². The first-order valence-corrected chi connectivity index (χ1v) is 9.20. The third-order valence-corrected chi connectivity index (χ3v) is 4.57. The highest BCUT2D eigenvalue weighted by Gasteiger charge is 2.10. The zero-order valence-electron chi connectivity index (χ0n) is 16.6. The predicted octanol–water partition coefficient (Wildman–Crippen LogP) is 3.19. The summed E-state index contributed by atoms with van der Waals surface area (Å²) in [5.41, 5.74) is 9.47. The Balaban J connectivity index is 1.60. The van der Waals surface area contributed by atoms with Crippen molar-refractivity contribution < 1.29 is 9.57 Å². The molecule has 0 atom stereocenters. The molecule has 0 bridgehead atoms. The lowest BCUT2D eigenvalue weighted by Crippen LogP contribution is -2.05. The second kappa shape index (κ2) is 8.48. The molecule has 9 heteroatoms. The summed E-state index contributed by atoms with van der Waals surface area (Å²) >= 11 is 0. The van der Waals surface area contributed by atoms with Gasteiger partial charge in [0, 0.05) is 11.1 Å². The number of nitrogens with one attached hydrogen (secondary N) is 1. The Morgan fingerprint density at radius 2 is 2.07 bits per heavy atom. The summed E-state index contributed by atoms with van der Waals surface area (Å²) in [4.78, 5) is 13.0. The van der Waals surface area contributed by atoms with Crippen molar-refractivity contribution in [2.75, 3.05) is 25.3 Å². The fourth-order valence-electron chi connectivity index (χ4n) is 3.11. The van der Waals surface area contributed by atoms with Crippen LogP contribution in [-0.4, -0.2) is 40.2 Å². The van der Waals surface area contributed by atoms with Gasteiger partial charge in [-0.05, 0) is 35.9 Å². The van der Waals surface area contributed by atoms with Gasteiger partial charge in [-0.25, -0.2) is 9.97 Å². The Labute approximate surface area is 173 Å². The molecular weight excluding hydrogens is 382 g/mol. The maximum Gasteiger partial charge on any atom is 0.144 e. The summed E-state index contributed by atoms with van der Waals surface area (Å²) in [5.74, 6) is 1.67. The van der Waals surface area contributed by atoms with Crippen molar-refractivity contribution in [3.63, 3.8) is 0 Å². The third kappa shape index (κ3) is 4.00. The molecular formula is C21H21N7O2. The first-order chi connectivity index (χ1) is 14.7. The number of nitrogens with two attached hydrogens (primary N) is 1. The normalized spacial score (nSPS) is 11.1. The summed E-state index contributed by atoms with van der Waals surface area (Å²) < 4.78 is 7.25. The van der Waals surface area contributed by atoms with E-state index in [1.165, 1.54) is 19.7 Å². The highest BCUT2D eigenvalue weighted by molar-refractivity contribution is 5.93. The fourth-order valence-corrected chi connectivity index (χ4v) is 3.11. The third-order valence-electron chi connectivity index (χ3n) is 4.57. The minimum Gasteiger partial charge on any atom is -0.497 e. The molecule has 0 aliphatic rings. The van der Waals surface area contributed by atoms with Crippen molar-refractivity contribution in [2.45, 2.75) is 6.54 Å². The average Bonchev–Trinajstić information content (AvgIpc) is 3.15. The van der Waals surface area contributed by atoms with Crippen LogP contribution < -0.4 is 15.8 Å². The van der Waals surface area contributed by atoms with Crippen LogP contribution in [0.1, 0.15) is 11.1 Å². The van der Waals surface area contributed by atoms with E-state index in [2.05, 4.69) is 31.6 Å². The first-order valence-electron chi connectivity index (χ1n) is 9.20. The van der Waals surface area contributed by atoms with E-state index >= 15 is 0 Å². The molecule has 0 radical (unpaired) electrons. The Hall–Kier alpha value is -4.14. The molecule has 0 aliphatic carbocycles. The van der Waals surface area contributed by atoms with Crippen molar-refractivity contribution in [3.8, 4) is 5.75 Å². The van der Waals surface area contributed by atoms with Crippen molar-refractivity contribution in [1.82, 2.24) is 19.7 Å². The van der Waals surface area contributed by atoms with Gasteiger partial charge in [0.25, 0.3) is 0 Å². The summed E-state index contributed by atoms with van der Waals surface area (Å²) in [6.45, 7) is 0.646. The van der Waals surface area contributed by atoms with Crippen LogP contribution in [0.2, 0.25) is 0 Å². The molecule has 2 heterocycles. The van der Waals surface area contributed by atoms with Crippen molar-refractivity contribution in [3.05, 3.63) is 66.1 Å². The number of nitrogen functional groups attached to an aromatic ring is 1. The molecule has 0 saturated carbocycles. The molecule has 30 heavy (non-hydrogen) atoms. The van der Waals surface area contributed by atoms with Gasteiger partial charge >= 0.3 is 0 Å². The molecule has 0 amide bonds. The number of rotatable bonds is 7. The summed E-state index contributed by atoms with van der Waals surface area (Å²) in [5, 5.41) is 12.5. The molecule has 0 fully saturated rings. The van der Waals surface area contributed by atoms with Crippen LogP contribution >= 0.6 is 0 Å². The van der Waals surface area contributed by atoms with Gasteiger partial charge in [-0.2, -0.15) is 5.10 Å². The second-order valence-electron chi connectivity index (χ2n) is 6.49. The Bertz CT molecular complexity index is 1200. The maximum atomic E-state index is 5.94. The van der Waals surface area contributed by atoms with Gasteiger partial charge in [0.15, 0.2) is 0 Å². The zero-order chi connectivity index (χ0) is 20.9. The van der Waals surface area contributed by atoms with Crippen LogP contribution in [0.3, 0.4) is 0 Å². The van der Waals surface area contributed by atoms with Crippen LogP contribution in [0.5, 0.6) is 5.75 Å². The smallest absolute Gasteiger partial charge is 0.144 e. The van der Waals surface area contributed by atoms with Gasteiger partial charge < -0.3 is 20.6 Å². The first kappa shape index (κ1) is 19.2. The van der Waals surface area contributed by atoms with Gasteiger partial charge in [-0.15, -0.1) is 0 Å². The van der Waals surface area contributed by atoms with E-state index in [0.29, 0.717) is 23.7 Å². The Morgan fingerprint density at radius 3 is 2.90 bits per heavy atom. The number of benzene rings is 2. The molecule has 0 aliphatic heterocycles. The number of hydrogen-bond acceptors (Lipinski definition) is 8. The zero-order valence-corrected chi connectivity index (χ0v) is 16.6. The van der Waals surface area contributed by atoms with Crippen molar-refractivity contribution in [1.29, 1.82) is 0 Å². The van der Waals surface area contributed by atoms with Gasteiger partial charge in [-0.3, -0.25) is 4.68 Å². The lowest BCUT2D eigenvalue weighted by atomic mass is 10.2. The largest absolute Gasteiger partial charge is 0.497 e.